The molecule has 0 saturated carbocycles. The smallest absolute Gasteiger partial charge is 0.232 e. The Kier molecular flexibility index (Phi) is 2.49. The van der Waals surface area contributed by atoms with Crippen LogP contribution in [0.3, 0.4) is 0 Å². The lowest BCUT2D eigenvalue weighted by molar-refractivity contribution is -0.117. The Morgan fingerprint density at radius 2 is 2.06 bits per heavy atom. The molecule has 1 aliphatic rings. The minimum absolute atomic E-state index is 0.0515. The van der Waals surface area contributed by atoms with E-state index >= 15 is 0 Å². The number of carbonyl (C=O) groups excluding carboxylic acids is 1. The first-order valence-corrected chi connectivity index (χ1v) is 5.48. The normalized spacial score (nSPS) is 19.5. The van der Waals surface area contributed by atoms with E-state index in [2.05, 4.69) is 26.1 Å². The Labute approximate surface area is 94.9 Å². The minimum Gasteiger partial charge on any atom is -0.323 e. The number of para-hydroxylation sites is 1. The van der Waals surface area contributed by atoms with Gasteiger partial charge in [0.1, 0.15) is 5.82 Å². The fourth-order valence-electron chi connectivity index (χ4n) is 2.13. The lowest BCUT2D eigenvalue weighted by Gasteiger charge is -2.21. The number of anilines is 1. The number of halogens is 1. The second kappa shape index (κ2) is 3.58. The molecule has 0 aromatic heterocycles. The number of nitrogens with one attached hydrogen (secondary N) is 1. The maximum absolute atomic E-state index is 13.5. The molecule has 0 saturated heterocycles. The number of carbonyl (C=O) groups is 1. The van der Waals surface area contributed by atoms with E-state index in [-0.39, 0.29) is 23.1 Å². The van der Waals surface area contributed by atoms with Crippen LogP contribution in [0.2, 0.25) is 0 Å². The van der Waals surface area contributed by atoms with Crippen LogP contribution in [0.5, 0.6) is 0 Å². The number of rotatable bonds is 1. The first kappa shape index (κ1) is 11.1. The Morgan fingerprint density at radius 3 is 2.69 bits per heavy atom. The fourth-order valence-corrected chi connectivity index (χ4v) is 2.13. The highest BCUT2D eigenvalue weighted by atomic mass is 19.1. The van der Waals surface area contributed by atoms with Crippen LogP contribution >= 0.6 is 0 Å². The molecule has 16 heavy (non-hydrogen) atoms. The van der Waals surface area contributed by atoms with Crippen LogP contribution < -0.4 is 5.32 Å². The molecule has 0 spiro atoms. The molecule has 0 fully saturated rings. The van der Waals surface area contributed by atoms with E-state index in [9.17, 15) is 9.18 Å². The number of benzene rings is 1. The summed E-state index contributed by atoms with van der Waals surface area (Å²) in [7, 11) is 0. The van der Waals surface area contributed by atoms with E-state index < -0.39 is 0 Å². The van der Waals surface area contributed by atoms with Gasteiger partial charge >= 0.3 is 0 Å². The molecule has 1 aromatic carbocycles. The molecule has 86 valence electrons. The third-order valence-corrected chi connectivity index (χ3v) is 2.80. The molecular weight excluding hydrogens is 205 g/mol. The molecule has 1 atom stereocenters. The average Bonchev–Trinajstić information content (AvgIpc) is 2.44. The zero-order chi connectivity index (χ0) is 11.9. The average molecular weight is 221 g/mol. The SMILES string of the molecule is CC(C)(C)CC1C(=O)Nc2c(F)cccc21. The van der Waals surface area contributed by atoms with E-state index in [1.807, 2.05) is 6.07 Å². The summed E-state index contributed by atoms with van der Waals surface area (Å²) in [5, 5.41) is 2.62. The van der Waals surface area contributed by atoms with Crippen LogP contribution in [0.1, 0.15) is 38.7 Å². The van der Waals surface area contributed by atoms with Crippen molar-refractivity contribution < 1.29 is 9.18 Å². The summed E-state index contributed by atoms with van der Waals surface area (Å²) in [6, 6.07) is 4.86. The third-order valence-electron chi connectivity index (χ3n) is 2.80. The number of amides is 1. The maximum atomic E-state index is 13.5. The second-order valence-electron chi connectivity index (χ2n) is 5.51. The molecule has 1 amide bonds. The molecule has 0 bridgehead atoms. The third kappa shape index (κ3) is 1.94. The van der Waals surface area contributed by atoms with Gasteiger partial charge in [0, 0.05) is 0 Å². The van der Waals surface area contributed by atoms with Crippen molar-refractivity contribution in [1.82, 2.24) is 0 Å². The zero-order valence-corrected chi connectivity index (χ0v) is 9.80. The molecule has 1 aromatic rings. The summed E-state index contributed by atoms with van der Waals surface area (Å²) in [4.78, 5) is 11.8. The summed E-state index contributed by atoms with van der Waals surface area (Å²) in [6.07, 6.45) is 0.731. The van der Waals surface area contributed by atoms with E-state index in [1.54, 1.807) is 6.07 Å². The first-order chi connectivity index (χ1) is 7.38. The maximum Gasteiger partial charge on any atom is 0.232 e. The van der Waals surface area contributed by atoms with Gasteiger partial charge in [0.05, 0.1) is 11.6 Å². The van der Waals surface area contributed by atoms with E-state index in [4.69, 9.17) is 0 Å². The van der Waals surface area contributed by atoms with Crippen molar-refractivity contribution in [2.45, 2.75) is 33.1 Å². The van der Waals surface area contributed by atoms with Gasteiger partial charge in [-0.15, -0.1) is 0 Å². The summed E-state index contributed by atoms with van der Waals surface area (Å²) in [5.74, 6) is -0.650. The first-order valence-electron chi connectivity index (χ1n) is 5.48. The molecule has 1 N–H and O–H groups in total. The van der Waals surface area contributed by atoms with Gasteiger partial charge in [-0.25, -0.2) is 4.39 Å². The minimum atomic E-state index is -0.345. The van der Waals surface area contributed by atoms with Crippen LogP contribution in [0.4, 0.5) is 10.1 Å². The predicted octanol–water partition coefficient (Wildman–Crippen LogP) is 3.30. The Morgan fingerprint density at radius 1 is 1.38 bits per heavy atom. The number of fused-ring (bicyclic) bond motifs is 1. The Hall–Kier alpha value is -1.38. The molecule has 0 aliphatic carbocycles. The van der Waals surface area contributed by atoms with Crippen LogP contribution in [-0.2, 0) is 4.79 Å². The van der Waals surface area contributed by atoms with Crippen molar-refractivity contribution in [2.24, 2.45) is 5.41 Å². The van der Waals surface area contributed by atoms with Gasteiger partial charge < -0.3 is 5.32 Å². The number of hydrogen-bond acceptors (Lipinski definition) is 1. The highest BCUT2D eigenvalue weighted by Gasteiger charge is 2.34. The van der Waals surface area contributed by atoms with E-state index in [0.29, 0.717) is 5.69 Å². The molecule has 1 unspecified atom stereocenters. The molecule has 0 radical (unpaired) electrons. The van der Waals surface area contributed by atoms with Crippen LogP contribution in [0.15, 0.2) is 18.2 Å². The monoisotopic (exact) mass is 221 g/mol. The van der Waals surface area contributed by atoms with Gasteiger partial charge in [0.25, 0.3) is 0 Å². The summed E-state index contributed by atoms with van der Waals surface area (Å²) in [6.45, 7) is 6.24. The predicted molar refractivity (Wildman–Crippen MR) is 61.8 cm³/mol. The molecule has 2 nitrogen and oxygen atoms in total. The topological polar surface area (TPSA) is 29.1 Å². The fraction of sp³-hybridized carbons (Fsp3) is 0.462. The lowest BCUT2D eigenvalue weighted by Crippen LogP contribution is -2.18. The summed E-state index contributed by atoms with van der Waals surface area (Å²) >= 11 is 0. The standard InChI is InChI=1S/C13H16FNO/c1-13(2,3)7-9-8-5-4-6-10(14)11(8)15-12(9)16/h4-6,9H,7H2,1-3H3,(H,15,16). The zero-order valence-electron chi connectivity index (χ0n) is 9.80. The summed E-state index contributed by atoms with van der Waals surface area (Å²) < 4.78 is 13.5. The van der Waals surface area contributed by atoms with Crippen molar-refractivity contribution in [3.63, 3.8) is 0 Å². The highest BCUT2D eigenvalue weighted by Crippen LogP contribution is 2.40. The van der Waals surface area contributed by atoms with Crippen molar-refractivity contribution in [3.05, 3.63) is 29.6 Å². The van der Waals surface area contributed by atoms with Crippen molar-refractivity contribution >= 4 is 11.6 Å². The van der Waals surface area contributed by atoms with Crippen molar-refractivity contribution in [2.75, 3.05) is 5.32 Å². The van der Waals surface area contributed by atoms with Gasteiger partial charge in [0.2, 0.25) is 5.91 Å². The number of hydrogen-bond donors (Lipinski definition) is 1. The van der Waals surface area contributed by atoms with Crippen LogP contribution in [-0.4, -0.2) is 5.91 Å². The van der Waals surface area contributed by atoms with E-state index in [0.717, 1.165) is 12.0 Å². The van der Waals surface area contributed by atoms with Gasteiger partial charge in [0.15, 0.2) is 0 Å². The molecule has 1 heterocycles. The largest absolute Gasteiger partial charge is 0.323 e. The molecular formula is C13H16FNO. The van der Waals surface area contributed by atoms with Crippen molar-refractivity contribution in [1.29, 1.82) is 0 Å². The van der Waals surface area contributed by atoms with Gasteiger partial charge in [-0.2, -0.15) is 0 Å². The molecule has 2 rings (SSSR count). The van der Waals surface area contributed by atoms with Gasteiger partial charge in [-0.3, -0.25) is 4.79 Å². The van der Waals surface area contributed by atoms with Crippen LogP contribution in [0.25, 0.3) is 0 Å². The lowest BCUT2D eigenvalue weighted by atomic mass is 9.82. The highest BCUT2D eigenvalue weighted by molar-refractivity contribution is 6.03. The second-order valence-corrected chi connectivity index (χ2v) is 5.51. The van der Waals surface area contributed by atoms with E-state index in [1.165, 1.54) is 6.07 Å². The quantitative estimate of drug-likeness (QED) is 0.774. The summed E-state index contributed by atoms with van der Waals surface area (Å²) in [5.41, 5.74) is 1.21. The van der Waals surface area contributed by atoms with Gasteiger partial charge in [-0.1, -0.05) is 32.9 Å². The van der Waals surface area contributed by atoms with Crippen molar-refractivity contribution in [3.8, 4) is 0 Å². The Bertz CT molecular complexity index is 434. The Balaban J connectivity index is 2.37. The molecule has 3 heteroatoms. The van der Waals surface area contributed by atoms with Gasteiger partial charge in [-0.05, 0) is 23.5 Å². The molecule has 1 aliphatic heterocycles. The van der Waals surface area contributed by atoms with Crippen LogP contribution in [0, 0.1) is 11.2 Å².